The average Bonchev–Trinajstić information content (AvgIpc) is 1.51. The summed E-state index contributed by atoms with van der Waals surface area (Å²) in [5.74, 6) is 0. The Kier molecular flexibility index (Phi) is 2.78. The molecule has 0 aliphatic carbocycles. The van der Waals surface area contributed by atoms with E-state index in [4.69, 9.17) is 24.7 Å². The van der Waals surface area contributed by atoms with Gasteiger partial charge >= 0.3 is 0 Å². The van der Waals surface area contributed by atoms with Gasteiger partial charge in [0.05, 0.1) is 86.8 Å². The summed E-state index contributed by atoms with van der Waals surface area (Å²) in [5.41, 5.74) is -11.2. The van der Waals surface area contributed by atoms with Gasteiger partial charge in [-0.15, -0.1) is 0 Å². The quantitative estimate of drug-likeness (QED) is 0.166. The molecule has 3 heteroatoms. The summed E-state index contributed by atoms with van der Waals surface area (Å²) in [7, 11) is 0. The van der Waals surface area contributed by atoms with E-state index in [1.54, 1.807) is 0 Å². The molecular formula is C54H35N3. The number of rotatable bonds is 5. The molecule has 12 rings (SSSR count). The lowest BCUT2D eigenvalue weighted by Crippen LogP contribution is -2.01. The molecular weight excluding hydrogens is 691 g/mol. The number of nitrogens with zero attached hydrogens (tertiary/aromatic N) is 3. The van der Waals surface area contributed by atoms with Gasteiger partial charge in [-0.25, -0.2) is 0 Å². The van der Waals surface area contributed by atoms with Crippen molar-refractivity contribution in [3.8, 4) is 39.3 Å². The second kappa shape index (κ2) is 12.5. The lowest BCUT2D eigenvalue weighted by molar-refractivity contribution is 1.13. The lowest BCUT2D eigenvalue weighted by atomic mass is 9.99. The van der Waals surface area contributed by atoms with Crippen molar-refractivity contribution in [2.24, 2.45) is 0 Å². The fourth-order valence-corrected chi connectivity index (χ4v) is 6.96. The van der Waals surface area contributed by atoms with E-state index in [2.05, 4.69) is 0 Å². The Morgan fingerprint density at radius 1 is 0.263 bits per heavy atom. The van der Waals surface area contributed by atoms with Crippen molar-refractivity contribution >= 4 is 65.4 Å². The minimum atomic E-state index is -1.23. The fourth-order valence-electron chi connectivity index (χ4n) is 6.96. The normalized spacial score (nSPS) is 20.5. The number of aromatic nitrogens is 3. The van der Waals surface area contributed by atoms with Crippen LogP contribution >= 0.6 is 0 Å². The molecule has 3 heterocycles. The fraction of sp³-hybridized carbons (Fsp3) is 0. The molecule has 0 saturated heterocycles. The van der Waals surface area contributed by atoms with Crippen LogP contribution in [0.1, 0.15) is 48.0 Å². The summed E-state index contributed by atoms with van der Waals surface area (Å²) in [4.78, 5) is 0. The number of hydrogen-bond donors (Lipinski definition) is 0. The molecule has 0 N–H and O–H groups in total. The Bertz CT molecular complexity index is 5480. The van der Waals surface area contributed by atoms with Gasteiger partial charge < -0.3 is 13.7 Å². The molecule has 57 heavy (non-hydrogen) atoms. The van der Waals surface area contributed by atoms with Crippen molar-refractivity contribution < 1.29 is 48.0 Å². The maximum absolute atomic E-state index is 10.4. The van der Waals surface area contributed by atoms with Crippen LogP contribution in [-0.4, -0.2) is 13.7 Å². The molecule has 0 spiro atoms. The summed E-state index contributed by atoms with van der Waals surface area (Å²) < 4.78 is 322. The molecule has 0 unspecified atom stereocenters. The number of fused-ring (bicyclic) bond motifs is 9. The third kappa shape index (κ3) is 4.79. The highest BCUT2D eigenvalue weighted by molar-refractivity contribution is 6.16. The highest BCUT2D eigenvalue weighted by Crippen LogP contribution is 2.41. The minimum absolute atomic E-state index is 0.570. The van der Waals surface area contributed by atoms with Crippen molar-refractivity contribution in [3.63, 3.8) is 0 Å². The van der Waals surface area contributed by atoms with Crippen molar-refractivity contribution in [3.05, 3.63) is 211 Å². The van der Waals surface area contributed by atoms with Crippen LogP contribution in [0.15, 0.2) is 211 Å². The van der Waals surface area contributed by atoms with Gasteiger partial charge in [-0.2, -0.15) is 0 Å². The van der Waals surface area contributed by atoms with Crippen LogP contribution in [-0.2, 0) is 0 Å². The van der Waals surface area contributed by atoms with Crippen LogP contribution in [0.5, 0.6) is 0 Å². The molecule has 0 saturated carbocycles. The van der Waals surface area contributed by atoms with E-state index in [9.17, 15) is 23.3 Å². The summed E-state index contributed by atoms with van der Waals surface area (Å²) in [5, 5.41) is -4.10. The van der Waals surface area contributed by atoms with E-state index >= 15 is 0 Å². The van der Waals surface area contributed by atoms with Crippen LogP contribution in [0, 0.1) is 0 Å². The second-order valence-electron chi connectivity index (χ2n) is 12.3. The van der Waals surface area contributed by atoms with Crippen LogP contribution in [0.4, 0.5) is 0 Å². The van der Waals surface area contributed by atoms with Crippen molar-refractivity contribution in [2.45, 2.75) is 0 Å². The Morgan fingerprint density at radius 3 is 1.39 bits per heavy atom. The zero-order chi connectivity index (χ0) is 67.9. The standard InChI is InChI=1S/C54H35N3/c1-2-15-36(16-3-1)37-17-12-18-38(33-37)39-19-13-20-40(34-39)55-48-26-8-7-24-45(48)47-35-41(31-32-52(47)55)56-49-27-9-6-23-44(49)46-25-14-30-53(54(46)56)57-50-28-10-4-21-42(50)43-22-5-11-29-51(43)57/h1-35H/i1D,2D,3D,4D,5D,6D,7D,8D,9D,10D,11D,12D,13D,14D,15D,16D,17D,18D,19D,20D,21D,22D,23D,24D,25D,26D,27D,28D,29D,30D,31D,32D,33D,34D,35D. The van der Waals surface area contributed by atoms with Crippen LogP contribution in [0.25, 0.3) is 105 Å². The van der Waals surface area contributed by atoms with E-state index in [1.165, 1.54) is 0 Å². The first-order valence-corrected chi connectivity index (χ1v) is 16.8. The van der Waals surface area contributed by atoms with Crippen LogP contribution < -0.4 is 0 Å². The largest absolute Gasteiger partial charge is 0.309 e. The van der Waals surface area contributed by atoms with Gasteiger partial charge in [0.15, 0.2) is 0 Å². The third-order valence-electron chi connectivity index (χ3n) is 9.28. The number of hydrogen-bond acceptors (Lipinski definition) is 0. The molecule has 0 bridgehead atoms. The zero-order valence-electron chi connectivity index (χ0n) is 63.3. The van der Waals surface area contributed by atoms with Gasteiger partial charge in [0.1, 0.15) is 0 Å². The van der Waals surface area contributed by atoms with Gasteiger partial charge in [0.25, 0.3) is 0 Å². The van der Waals surface area contributed by atoms with Gasteiger partial charge in [-0.3, -0.25) is 0 Å². The van der Waals surface area contributed by atoms with Crippen LogP contribution in [0.3, 0.4) is 0 Å². The molecule has 3 nitrogen and oxygen atoms in total. The first-order chi connectivity index (χ1) is 42.9. The lowest BCUT2D eigenvalue weighted by Gasteiger charge is -2.15. The molecule has 0 amide bonds. The molecule has 0 fully saturated rings. The van der Waals surface area contributed by atoms with E-state index in [0.717, 1.165) is 4.57 Å². The monoisotopic (exact) mass is 761 g/mol. The van der Waals surface area contributed by atoms with E-state index in [-0.39, 0.29) is 0 Å². The summed E-state index contributed by atoms with van der Waals surface area (Å²) in [6.45, 7) is 0. The van der Waals surface area contributed by atoms with Crippen molar-refractivity contribution in [1.82, 2.24) is 13.7 Å². The predicted octanol–water partition coefficient (Wildman–Crippen LogP) is 14.3. The molecule has 0 atom stereocenters. The van der Waals surface area contributed by atoms with Gasteiger partial charge in [-0.1, -0.05) is 145 Å². The Labute approximate surface area is 378 Å². The Hall–Kier alpha value is -7.62. The maximum Gasteiger partial charge on any atom is 0.0782 e. The summed E-state index contributed by atoms with van der Waals surface area (Å²) in [6, 6.07) is -35.9. The van der Waals surface area contributed by atoms with Gasteiger partial charge in [-0.05, 0) is 88.7 Å². The molecule has 12 aromatic rings. The number of para-hydroxylation sites is 5. The van der Waals surface area contributed by atoms with E-state index in [1.807, 2.05) is 0 Å². The zero-order valence-corrected chi connectivity index (χ0v) is 28.3. The van der Waals surface area contributed by atoms with Gasteiger partial charge in [0.2, 0.25) is 0 Å². The van der Waals surface area contributed by atoms with E-state index < -0.39 is 316 Å². The summed E-state index contributed by atoms with van der Waals surface area (Å²) >= 11 is 0. The second-order valence-corrected chi connectivity index (χ2v) is 12.3. The minimum Gasteiger partial charge on any atom is -0.309 e. The smallest absolute Gasteiger partial charge is 0.0782 e. The SMILES string of the molecule is [2H]c1c([2H])c([2H])c(-c2c([2H])c([2H])c([2H])c(-c3c([2H])c([2H])c([2H])c(-n4c5c([2H])c([2H])c([2H])c([2H])c5c5c([2H])c(-n6c7c([2H])c([2H])c([2H])c([2H])c7c7c([2H])c([2H])c([2H])c(-n8c9c([2H])c([2H])c([2H])c([2H])c9c9c([2H])c([2H])c([2H])c([2H])c98)c76)c([2H])c([2H])c54)c3[2H])c2[2H])c([2H])c1[2H]. The third-order valence-corrected chi connectivity index (χ3v) is 9.28. The van der Waals surface area contributed by atoms with Crippen molar-refractivity contribution in [2.75, 3.05) is 0 Å². The Balaban J connectivity index is 1.33. The predicted molar refractivity (Wildman–Crippen MR) is 240 cm³/mol. The van der Waals surface area contributed by atoms with Crippen molar-refractivity contribution in [1.29, 1.82) is 0 Å². The Morgan fingerprint density at radius 2 is 0.702 bits per heavy atom. The molecule has 3 aromatic heterocycles. The average molecular weight is 761 g/mol. The first kappa shape index (κ1) is 12.7. The highest BCUT2D eigenvalue weighted by atomic mass is 15.1. The molecule has 266 valence electrons. The van der Waals surface area contributed by atoms with Crippen LogP contribution in [0.2, 0.25) is 0 Å². The topological polar surface area (TPSA) is 14.8 Å². The highest BCUT2D eigenvalue weighted by Gasteiger charge is 2.21. The summed E-state index contributed by atoms with van der Waals surface area (Å²) in [6.07, 6.45) is 0. The molecule has 0 aliphatic heterocycles. The molecule has 0 aliphatic rings. The maximum atomic E-state index is 10.4. The van der Waals surface area contributed by atoms with Gasteiger partial charge in [0, 0.05) is 43.7 Å². The first-order valence-electron chi connectivity index (χ1n) is 34.3. The van der Waals surface area contributed by atoms with E-state index in [0.29, 0.717) is 9.13 Å². The molecule has 9 aromatic carbocycles. The molecule has 0 radical (unpaired) electrons. The number of benzene rings is 9.